The lowest BCUT2D eigenvalue weighted by Gasteiger charge is -2.25. The Morgan fingerprint density at radius 3 is 2.06 bits per heavy atom. The third-order valence-corrected chi connectivity index (χ3v) is 4.84. The lowest BCUT2D eigenvalue weighted by Crippen LogP contribution is -2.48. The van der Waals surface area contributed by atoms with Crippen LogP contribution in [0.1, 0.15) is 18.9 Å². The van der Waals surface area contributed by atoms with Crippen molar-refractivity contribution < 1.29 is 34.5 Å². The summed E-state index contributed by atoms with van der Waals surface area (Å²) in [6.07, 6.45) is 0.962. The number of amides is 2. The molecule has 0 saturated carbocycles. The molecular formula is C24H30N2O7. The fourth-order valence-electron chi connectivity index (χ4n) is 3.21. The normalized spacial score (nSPS) is 11.8. The first-order valence-corrected chi connectivity index (χ1v) is 10.3. The molecule has 0 saturated heterocycles. The van der Waals surface area contributed by atoms with Crippen molar-refractivity contribution in [3.05, 3.63) is 60.2 Å². The van der Waals surface area contributed by atoms with Gasteiger partial charge in [-0.3, -0.25) is 9.59 Å². The molecule has 0 fully saturated rings. The molecule has 9 heteroatoms. The fraction of sp³-hybridized carbons (Fsp3) is 0.333. The highest BCUT2D eigenvalue weighted by atomic mass is 16.4. The summed E-state index contributed by atoms with van der Waals surface area (Å²) < 4.78 is 0. The zero-order valence-corrected chi connectivity index (χ0v) is 18.7. The Bertz CT molecular complexity index is 901. The Hall–Kier alpha value is -3.72. The van der Waals surface area contributed by atoms with Crippen molar-refractivity contribution in [2.75, 3.05) is 20.2 Å². The molecule has 2 aromatic carbocycles. The highest BCUT2D eigenvalue weighted by Crippen LogP contribution is 2.20. The highest BCUT2D eigenvalue weighted by Gasteiger charge is 2.24. The van der Waals surface area contributed by atoms with E-state index < -0.39 is 36.5 Å². The van der Waals surface area contributed by atoms with Crippen LogP contribution in [0.4, 0.5) is 4.79 Å². The topological polar surface area (TPSA) is 144 Å². The molecule has 0 aliphatic heterocycles. The van der Waals surface area contributed by atoms with Gasteiger partial charge in [0.05, 0.1) is 12.5 Å². The number of aldehydes is 1. The largest absolute Gasteiger partial charge is 0.481 e. The summed E-state index contributed by atoms with van der Waals surface area (Å²) in [4.78, 5) is 46.4. The number of carboxylic acids is 2. The standard InChI is InChI=1S/C23H26N2O6.CH4O/c1-16(22(29)30)13-20(24-23(31)25(11-12-26)15-21(27)28)14-17-7-9-19(10-8-17)18-5-3-2-4-6-18;1-2/h2-10,12,16,20H,11,13-15H2,1H3,(H,24,31)(H,27,28)(H,29,30);2H,1H3/t16-,20+;/m1./s1. The van der Waals surface area contributed by atoms with Crippen LogP contribution in [-0.2, 0) is 20.8 Å². The van der Waals surface area contributed by atoms with E-state index in [2.05, 4.69) is 5.32 Å². The van der Waals surface area contributed by atoms with E-state index in [4.69, 9.17) is 10.2 Å². The number of carboxylic acid groups (broad SMARTS) is 2. The van der Waals surface area contributed by atoms with Crippen LogP contribution in [0, 0.1) is 5.92 Å². The number of nitrogens with one attached hydrogen (secondary N) is 1. The summed E-state index contributed by atoms with van der Waals surface area (Å²) in [7, 11) is 1.00. The summed E-state index contributed by atoms with van der Waals surface area (Å²) in [5.41, 5.74) is 2.99. The number of rotatable bonds is 11. The predicted molar refractivity (Wildman–Crippen MR) is 123 cm³/mol. The molecule has 9 nitrogen and oxygen atoms in total. The Balaban J connectivity index is 0.00000265. The minimum absolute atomic E-state index is 0.156. The molecule has 2 atom stereocenters. The Kier molecular flexibility index (Phi) is 11.9. The van der Waals surface area contributed by atoms with Gasteiger partial charge in [0.15, 0.2) is 0 Å². The molecule has 0 aliphatic carbocycles. The van der Waals surface area contributed by atoms with Crippen LogP contribution in [0.5, 0.6) is 0 Å². The van der Waals surface area contributed by atoms with Gasteiger partial charge < -0.3 is 30.3 Å². The van der Waals surface area contributed by atoms with Gasteiger partial charge in [-0.25, -0.2) is 4.79 Å². The maximum Gasteiger partial charge on any atom is 0.323 e. The van der Waals surface area contributed by atoms with Crippen molar-refractivity contribution in [3.63, 3.8) is 0 Å². The molecule has 0 heterocycles. The second-order valence-corrected chi connectivity index (χ2v) is 7.33. The smallest absolute Gasteiger partial charge is 0.323 e. The molecule has 0 radical (unpaired) electrons. The van der Waals surface area contributed by atoms with E-state index in [-0.39, 0.29) is 13.0 Å². The van der Waals surface area contributed by atoms with Crippen molar-refractivity contribution in [1.29, 1.82) is 0 Å². The monoisotopic (exact) mass is 458 g/mol. The summed E-state index contributed by atoms with van der Waals surface area (Å²) >= 11 is 0. The van der Waals surface area contributed by atoms with Gasteiger partial charge in [-0.15, -0.1) is 0 Å². The van der Waals surface area contributed by atoms with E-state index in [9.17, 15) is 24.3 Å². The van der Waals surface area contributed by atoms with Crippen LogP contribution in [0.25, 0.3) is 11.1 Å². The maximum atomic E-state index is 12.5. The number of aliphatic hydroxyl groups excluding tert-OH is 1. The minimum Gasteiger partial charge on any atom is -0.481 e. The maximum absolute atomic E-state index is 12.5. The third kappa shape index (κ3) is 9.53. The number of aliphatic carboxylic acids is 2. The molecule has 33 heavy (non-hydrogen) atoms. The van der Waals surface area contributed by atoms with Crippen molar-refractivity contribution in [2.45, 2.75) is 25.8 Å². The highest BCUT2D eigenvalue weighted by molar-refractivity contribution is 5.82. The van der Waals surface area contributed by atoms with Gasteiger partial charge >= 0.3 is 18.0 Å². The zero-order chi connectivity index (χ0) is 24.8. The fourth-order valence-corrected chi connectivity index (χ4v) is 3.21. The Labute approximate surface area is 192 Å². The van der Waals surface area contributed by atoms with E-state index in [1.165, 1.54) is 0 Å². The molecule has 2 rings (SSSR count). The van der Waals surface area contributed by atoms with E-state index in [1.807, 2.05) is 54.6 Å². The van der Waals surface area contributed by atoms with Gasteiger partial charge in [0.2, 0.25) is 0 Å². The number of hydrogen-bond donors (Lipinski definition) is 4. The third-order valence-electron chi connectivity index (χ3n) is 4.84. The average molecular weight is 459 g/mol. The van der Waals surface area contributed by atoms with Gasteiger partial charge in [-0.05, 0) is 29.5 Å². The molecule has 0 unspecified atom stereocenters. The molecule has 0 spiro atoms. The molecule has 2 amide bonds. The van der Waals surface area contributed by atoms with Gasteiger partial charge in [0.1, 0.15) is 12.8 Å². The van der Waals surface area contributed by atoms with Crippen molar-refractivity contribution in [3.8, 4) is 11.1 Å². The molecule has 2 aromatic rings. The first-order valence-electron chi connectivity index (χ1n) is 10.3. The average Bonchev–Trinajstić information content (AvgIpc) is 2.80. The Morgan fingerprint density at radius 1 is 0.970 bits per heavy atom. The van der Waals surface area contributed by atoms with Crippen molar-refractivity contribution >= 4 is 24.3 Å². The van der Waals surface area contributed by atoms with E-state index in [1.54, 1.807) is 6.92 Å². The lowest BCUT2D eigenvalue weighted by atomic mass is 9.95. The van der Waals surface area contributed by atoms with Crippen LogP contribution < -0.4 is 5.32 Å². The predicted octanol–water partition coefficient (Wildman–Crippen LogP) is 2.28. The lowest BCUT2D eigenvalue weighted by molar-refractivity contribution is -0.141. The van der Waals surface area contributed by atoms with Crippen LogP contribution >= 0.6 is 0 Å². The molecule has 0 aliphatic rings. The van der Waals surface area contributed by atoms with E-state index in [0.717, 1.165) is 28.7 Å². The van der Waals surface area contributed by atoms with E-state index >= 15 is 0 Å². The first kappa shape index (κ1) is 27.3. The Morgan fingerprint density at radius 2 is 1.55 bits per heavy atom. The number of hydrogen-bond acceptors (Lipinski definition) is 5. The van der Waals surface area contributed by atoms with Crippen LogP contribution in [0.3, 0.4) is 0 Å². The number of nitrogens with zero attached hydrogens (tertiary/aromatic N) is 1. The van der Waals surface area contributed by atoms with Gasteiger partial charge in [0, 0.05) is 13.2 Å². The number of urea groups is 1. The molecule has 0 aromatic heterocycles. The van der Waals surface area contributed by atoms with Crippen LogP contribution in [0.15, 0.2) is 54.6 Å². The quantitative estimate of drug-likeness (QED) is 0.378. The van der Waals surface area contributed by atoms with Crippen molar-refractivity contribution in [2.24, 2.45) is 5.92 Å². The van der Waals surface area contributed by atoms with Crippen LogP contribution in [0.2, 0.25) is 0 Å². The second kappa shape index (κ2) is 14.4. The number of carbonyl (C=O) groups is 4. The first-order chi connectivity index (χ1) is 15.8. The SMILES string of the molecule is CO.C[C@H](C[C@@H](Cc1ccc(-c2ccccc2)cc1)NC(=O)N(CC=O)CC(=O)O)C(=O)O. The summed E-state index contributed by atoms with van der Waals surface area (Å²) in [5.74, 6) is -2.95. The minimum atomic E-state index is -1.25. The molecule has 0 bridgehead atoms. The number of benzene rings is 2. The number of aliphatic hydroxyl groups is 1. The summed E-state index contributed by atoms with van der Waals surface area (Å²) in [6, 6.07) is 16.3. The van der Waals surface area contributed by atoms with Crippen molar-refractivity contribution in [1.82, 2.24) is 10.2 Å². The summed E-state index contributed by atoms with van der Waals surface area (Å²) in [5, 5.41) is 27.9. The number of carbonyl (C=O) groups excluding carboxylic acids is 2. The zero-order valence-electron chi connectivity index (χ0n) is 18.7. The second-order valence-electron chi connectivity index (χ2n) is 7.33. The molecule has 4 N–H and O–H groups in total. The van der Waals surface area contributed by atoms with Gasteiger partial charge in [-0.1, -0.05) is 61.5 Å². The molecule has 178 valence electrons. The van der Waals surface area contributed by atoms with E-state index in [0.29, 0.717) is 12.7 Å². The summed E-state index contributed by atoms with van der Waals surface area (Å²) in [6.45, 7) is 0.545. The molecular weight excluding hydrogens is 428 g/mol. The van der Waals surface area contributed by atoms with Crippen LogP contribution in [-0.4, -0.2) is 70.7 Å². The van der Waals surface area contributed by atoms with Gasteiger partial charge in [0.25, 0.3) is 0 Å². The van der Waals surface area contributed by atoms with Gasteiger partial charge in [-0.2, -0.15) is 0 Å².